The van der Waals surface area contributed by atoms with E-state index < -0.39 is 11.9 Å². The number of urea groups is 1. The molecule has 1 unspecified atom stereocenters. The number of carbonyl (C=O) groups excluding carboxylic acids is 1. The zero-order chi connectivity index (χ0) is 14.4. The summed E-state index contributed by atoms with van der Waals surface area (Å²) in [5.74, 6) is -1.40. The van der Waals surface area contributed by atoms with Crippen molar-refractivity contribution >= 4 is 12.0 Å². The van der Waals surface area contributed by atoms with Crippen molar-refractivity contribution in [2.24, 2.45) is 5.92 Å². The quantitative estimate of drug-likeness (QED) is 0.798. The van der Waals surface area contributed by atoms with Gasteiger partial charge >= 0.3 is 12.0 Å². The number of amides is 2. The highest BCUT2D eigenvalue weighted by Crippen LogP contribution is 2.21. The number of carbonyl (C=O) groups is 2. The fourth-order valence-corrected chi connectivity index (χ4v) is 2.64. The number of carboxylic acid groups (broad SMARTS) is 1. The summed E-state index contributed by atoms with van der Waals surface area (Å²) in [4.78, 5) is 26.4. The molecule has 0 heterocycles. The van der Waals surface area contributed by atoms with E-state index in [9.17, 15) is 9.59 Å². The fraction of sp³-hybridized carbons (Fsp3) is 0.857. The first-order chi connectivity index (χ1) is 8.93. The predicted octanol–water partition coefficient (Wildman–Crippen LogP) is 2.41. The molecule has 0 aliphatic heterocycles. The molecule has 1 atom stereocenters. The predicted molar refractivity (Wildman–Crippen MR) is 74.1 cm³/mol. The molecule has 5 nitrogen and oxygen atoms in total. The van der Waals surface area contributed by atoms with Gasteiger partial charge in [-0.15, -0.1) is 0 Å². The van der Waals surface area contributed by atoms with Crippen LogP contribution < -0.4 is 0 Å². The Bertz CT molecular complexity index is 312. The standard InChI is InChI=1S/C14H26N2O3/c1-11(13(17)18)10-15(2)14(19)16(3)12-8-6-4-5-7-9-12/h11-12H,4-10H2,1-3H3,(H,17,18). The summed E-state index contributed by atoms with van der Waals surface area (Å²) in [6.45, 7) is 1.88. The highest BCUT2D eigenvalue weighted by molar-refractivity contribution is 5.76. The van der Waals surface area contributed by atoms with Crippen molar-refractivity contribution in [3.63, 3.8) is 0 Å². The minimum atomic E-state index is -0.864. The van der Waals surface area contributed by atoms with Gasteiger partial charge in [-0.25, -0.2) is 4.79 Å². The van der Waals surface area contributed by atoms with Gasteiger partial charge in [0.25, 0.3) is 0 Å². The van der Waals surface area contributed by atoms with Gasteiger partial charge in [0.1, 0.15) is 0 Å². The molecule has 1 saturated carbocycles. The maximum atomic E-state index is 12.3. The van der Waals surface area contributed by atoms with Crippen LogP contribution in [-0.2, 0) is 4.79 Å². The van der Waals surface area contributed by atoms with E-state index in [2.05, 4.69) is 0 Å². The van der Waals surface area contributed by atoms with Gasteiger partial charge in [0, 0.05) is 26.7 Å². The third kappa shape index (κ3) is 4.73. The normalized spacial score (nSPS) is 18.5. The SMILES string of the molecule is CC(CN(C)C(=O)N(C)C1CCCCCC1)C(=O)O. The second-order valence-electron chi connectivity index (χ2n) is 5.66. The molecule has 19 heavy (non-hydrogen) atoms. The van der Waals surface area contributed by atoms with Gasteiger partial charge in [-0.3, -0.25) is 4.79 Å². The Morgan fingerprint density at radius 1 is 1.16 bits per heavy atom. The van der Waals surface area contributed by atoms with Gasteiger partial charge < -0.3 is 14.9 Å². The van der Waals surface area contributed by atoms with Crippen molar-refractivity contribution in [1.29, 1.82) is 0 Å². The van der Waals surface area contributed by atoms with Crippen molar-refractivity contribution in [2.45, 2.75) is 51.5 Å². The third-order valence-corrected chi connectivity index (χ3v) is 3.97. The van der Waals surface area contributed by atoms with Crippen LogP contribution in [0.15, 0.2) is 0 Å². The summed E-state index contributed by atoms with van der Waals surface area (Å²) in [7, 11) is 3.51. The third-order valence-electron chi connectivity index (χ3n) is 3.97. The van der Waals surface area contributed by atoms with Crippen molar-refractivity contribution in [3.05, 3.63) is 0 Å². The lowest BCUT2D eigenvalue weighted by Gasteiger charge is -2.32. The maximum Gasteiger partial charge on any atom is 0.319 e. The van der Waals surface area contributed by atoms with Crippen LogP contribution in [0.4, 0.5) is 4.79 Å². The van der Waals surface area contributed by atoms with Crippen LogP contribution in [0.3, 0.4) is 0 Å². The smallest absolute Gasteiger partial charge is 0.319 e. The first kappa shape index (κ1) is 15.8. The Balaban J connectivity index is 2.52. The molecule has 1 rings (SSSR count). The molecule has 0 aromatic heterocycles. The molecule has 0 aromatic carbocycles. The van der Waals surface area contributed by atoms with Crippen LogP contribution >= 0.6 is 0 Å². The Hall–Kier alpha value is -1.26. The Labute approximate surface area is 115 Å². The molecular formula is C14H26N2O3. The Morgan fingerprint density at radius 3 is 2.16 bits per heavy atom. The average Bonchev–Trinajstić information content (AvgIpc) is 2.65. The molecule has 2 amide bonds. The van der Waals surface area contributed by atoms with Crippen molar-refractivity contribution in [2.75, 3.05) is 20.6 Å². The first-order valence-electron chi connectivity index (χ1n) is 7.14. The average molecular weight is 270 g/mol. The van der Waals surface area contributed by atoms with E-state index >= 15 is 0 Å². The van der Waals surface area contributed by atoms with Gasteiger partial charge in [-0.2, -0.15) is 0 Å². The number of hydrogen-bond donors (Lipinski definition) is 1. The van der Waals surface area contributed by atoms with Crippen LogP contribution in [0.2, 0.25) is 0 Å². The molecule has 0 bridgehead atoms. The summed E-state index contributed by atoms with van der Waals surface area (Å²) in [6.07, 6.45) is 6.99. The van der Waals surface area contributed by atoms with E-state index in [-0.39, 0.29) is 12.6 Å². The summed E-state index contributed by atoms with van der Waals surface area (Å²) >= 11 is 0. The zero-order valence-electron chi connectivity index (χ0n) is 12.3. The highest BCUT2D eigenvalue weighted by atomic mass is 16.4. The molecule has 1 aliphatic carbocycles. The van der Waals surface area contributed by atoms with E-state index in [0.717, 1.165) is 12.8 Å². The van der Waals surface area contributed by atoms with E-state index in [1.165, 1.54) is 30.6 Å². The molecule has 1 N–H and O–H groups in total. The molecule has 0 aromatic rings. The number of rotatable bonds is 4. The molecule has 1 fully saturated rings. The van der Waals surface area contributed by atoms with Crippen LogP contribution in [0.25, 0.3) is 0 Å². The van der Waals surface area contributed by atoms with Crippen LogP contribution in [0.1, 0.15) is 45.4 Å². The molecule has 0 radical (unpaired) electrons. The number of nitrogens with zero attached hydrogens (tertiary/aromatic N) is 2. The van der Waals surface area contributed by atoms with Crippen LogP contribution in [-0.4, -0.2) is 53.6 Å². The Kier molecular flexibility index (Phi) is 6.12. The molecular weight excluding hydrogens is 244 g/mol. The van der Waals surface area contributed by atoms with Crippen molar-refractivity contribution in [3.8, 4) is 0 Å². The highest BCUT2D eigenvalue weighted by Gasteiger charge is 2.25. The lowest BCUT2D eigenvalue weighted by molar-refractivity contribution is -0.141. The summed E-state index contributed by atoms with van der Waals surface area (Å²) in [5, 5.41) is 8.89. The fourth-order valence-electron chi connectivity index (χ4n) is 2.64. The minimum absolute atomic E-state index is 0.0694. The lowest BCUT2D eigenvalue weighted by atomic mass is 10.1. The summed E-state index contributed by atoms with van der Waals surface area (Å²) in [5.41, 5.74) is 0. The number of aliphatic carboxylic acids is 1. The van der Waals surface area contributed by atoms with E-state index in [4.69, 9.17) is 5.11 Å². The van der Waals surface area contributed by atoms with Crippen LogP contribution in [0, 0.1) is 5.92 Å². The van der Waals surface area contributed by atoms with Crippen molar-refractivity contribution in [1.82, 2.24) is 9.80 Å². The second-order valence-corrected chi connectivity index (χ2v) is 5.66. The monoisotopic (exact) mass is 270 g/mol. The van der Waals surface area contributed by atoms with Gasteiger partial charge in [-0.05, 0) is 12.8 Å². The van der Waals surface area contributed by atoms with Crippen LogP contribution in [0.5, 0.6) is 0 Å². The van der Waals surface area contributed by atoms with Crippen molar-refractivity contribution < 1.29 is 14.7 Å². The molecule has 5 heteroatoms. The second kappa shape index (κ2) is 7.36. The van der Waals surface area contributed by atoms with Gasteiger partial charge in [0.2, 0.25) is 0 Å². The lowest BCUT2D eigenvalue weighted by Crippen LogP contribution is -2.46. The van der Waals surface area contributed by atoms with E-state index in [1.807, 2.05) is 7.05 Å². The zero-order valence-corrected chi connectivity index (χ0v) is 12.3. The minimum Gasteiger partial charge on any atom is -0.481 e. The summed E-state index contributed by atoms with van der Waals surface area (Å²) in [6, 6.07) is 0.234. The van der Waals surface area contributed by atoms with E-state index in [1.54, 1.807) is 18.9 Å². The van der Waals surface area contributed by atoms with Gasteiger partial charge in [0.15, 0.2) is 0 Å². The maximum absolute atomic E-state index is 12.3. The van der Waals surface area contributed by atoms with E-state index in [0.29, 0.717) is 6.04 Å². The van der Waals surface area contributed by atoms with Gasteiger partial charge in [-0.1, -0.05) is 32.6 Å². The largest absolute Gasteiger partial charge is 0.481 e. The molecule has 0 saturated heterocycles. The topological polar surface area (TPSA) is 60.9 Å². The summed E-state index contributed by atoms with van der Waals surface area (Å²) < 4.78 is 0. The number of hydrogen-bond acceptors (Lipinski definition) is 2. The molecule has 110 valence electrons. The Morgan fingerprint density at radius 2 is 1.68 bits per heavy atom. The first-order valence-corrected chi connectivity index (χ1v) is 7.14. The molecule has 0 spiro atoms. The van der Waals surface area contributed by atoms with Gasteiger partial charge in [0.05, 0.1) is 5.92 Å². The molecule has 1 aliphatic rings. The number of carboxylic acids is 1.